The monoisotopic (exact) mass is 397 g/mol. The Balaban J connectivity index is 1.62. The Hall–Kier alpha value is -1.94. The average molecular weight is 398 g/mol. The van der Waals surface area contributed by atoms with Crippen molar-refractivity contribution in [1.82, 2.24) is 19.0 Å². The van der Waals surface area contributed by atoms with Crippen LogP contribution in [-0.4, -0.2) is 71.7 Å². The molecule has 9 nitrogen and oxygen atoms in total. The van der Waals surface area contributed by atoms with Crippen molar-refractivity contribution in [2.75, 3.05) is 37.8 Å². The molecule has 0 bridgehead atoms. The van der Waals surface area contributed by atoms with Gasteiger partial charge in [0, 0.05) is 45.2 Å². The van der Waals surface area contributed by atoms with Crippen LogP contribution in [0.15, 0.2) is 6.07 Å². The first-order valence-corrected chi connectivity index (χ1v) is 11.2. The highest BCUT2D eigenvalue weighted by molar-refractivity contribution is 7.88. The Morgan fingerprint density at radius 2 is 1.74 bits per heavy atom. The first-order chi connectivity index (χ1) is 12.8. The number of nitrogens with zero attached hydrogens (tertiary/aromatic N) is 4. The third-order valence-electron chi connectivity index (χ3n) is 5.32. The van der Waals surface area contributed by atoms with E-state index in [1.807, 2.05) is 0 Å². The van der Waals surface area contributed by atoms with E-state index >= 15 is 0 Å². The number of amides is 2. The molecule has 0 aromatic carbocycles. The van der Waals surface area contributed by atoms with Gasteiger partial charge in [-0.05, 0) is 12.8 Å². The molecule has 1 aliphatic heterocycles. The third-order valence-corrected chi connectivity index (χ3v) is 6.62. The molecular formula is C17H27N5O4S. The number of anilines is 1. The van der Waals surface area contributed by atoms with E-state index in [4.69, 9.17) is 0 Å². The predicted octanol–water partition coefficient (Wildman–Crippen LogP) is 0.656. The number of nitrogens with one attached hydrogen (secondary N) is 1. The van der Waals surface area contributed by atoms with Crippen LogP contribution in [0.5, 0.6) is 0 Å². The second-order valence-corrected chi connectivity index (χ2v) is 9.30. The van der Waals surface area contributed by atoms with Gasteiger partial charge in [-0.25, -0.2) is 8.42 Å². The van der Waals surface area contributed by atoms with Gasteiger partial charge >= 0.3 is 0 Å². The van der Waals surface area contributed by atoms with Crippen LogP contribution in [0.4, 0.5) is 5.82 Å². The van der Waals surface area contributed by atoms with Gasteiger partial charge in [0.25, 0.3) is 5.91 Å². The molecule has 2 amide bonds. The van der Waals surface area contributed by atoms with Crippen molar-refractivity contribution < 1.29 is 18.0 Å². The Bertz CT molecular complexity index is 805. The highest BCUT2D eigenvalue weighted by atomic mass is 32.2. The highest BCUT2D eigenvalue weighted by Gasteiger charge is 2.28. The molecule has 2 aliphatic rings. The Morgan fingerprint density at radius 1 is 1.11 bits per heavy atom. The topological polar surface area (TPSA) is 105 Å². The molecule has 1 aromatic rings. The van der Waals surface area contributed by atoms with Crippen molar-refractivity contribution in [3.63, 3.8) is 0 Å². The zero-order valence-electron chi connectivity index (χ0n) is 15.8. The lowest BCUT2D eigenvalue weighted by Crippen LogP contribution is -2.50. The number of carbonyl (C=O) groups excluding carboxylic acids is 2. The third kappa shape index (κ3) is 4.67. The van der Waals surface area contributed by atoms with Gasteiger partial charge in [-0.1, -0.05) is 19.3 Å². The molecule has 0 unspecified atom stereocenters. The summed E-state index contributed by atoms with van der Waals surface area (Å²) in [6, 6.07) is 1.59. The summed E-state index contributed by atoms with van der Waals surface area (Å²) in [6.45, 7) is 1.21. The van der Waals surface area contributed by atoms with Gasteiger partial charge < -0.3 is 10.2 Å². The molecule has 2 fully saturated rings. The molecule has 1 saturated carbocycles. The van der Waals surface area contributed by atoms with Crippen LogP contribution in [0.1, 0.15) is 42.6 Å². The summed E-state index contributed by atoms with van der Waals surface area (Å²) >= 11 is 0. The molecule has 2 heterocycles. The van der Waals surface area contributed by atoms with Gasteiger partial charge in [-0.15, -0.1) is 0 Å². The fraction of sp³-hybridized carbons (Fsp3) is 0.706. The second kappa shape index (κ2) is 7.97. The number of hydrogen-bond donors (Lipinski definition) is 1. The van der Waals surface area contributed by atoms with Crippen LogP contribution in [0.2, 0.25) is 0 Å². The summed E-state index contributed by atoms with van der Waals surface area (Å²) in [5.74, 6) is 0.260. The lowest BCUT2D eigenvalue weighted by Gasteiger charge is -2.32. The first kappa shape index (κ1) is 19.8. The first-order valence-electron chi connectivity index (χ1n) is 9.35. The lowest BCUT2D eigenvalue weighted by atomic mass is 9.89. The van der Waals surface area contributed by atoms with E-state index in [1.165, 1.54) is 21.7 Å². The van der Waals surface area contributed by atoms with Crippen molar-refractivity contribution >= 4 is 27.7 Å². The average Bonchev–Trinajstić information content (AvgIpc) is 3.01. The zero-order valence-corrected chi connectivity index (χ0v) is 16.7. The predicted molar refractivity (Wildman–Crippen MR) is 101 cm³/mol. The molecule has 1 aromatic heterocycles. The molecular weight excluding hydrogens is 370 g/mol. The van der Waals surface area contributed by atoms with Gasteiger partial charge in [0.05, 0.1) is 6.26 Å². The Labute approximate surface area is 159 Å². The van der Waals surface area contributed by atoms with Crippen molar-refractivity contribution in [1.29, 1.82) is 0 Å². The van der Waals surface area contributed by atoms with Gasteiger partial charge in [-0.3, -0.25) is 14.3 Å². The molecule has 150 valence electrons. The maximum Gasteiger partial charge on any atom is 0.274 e. The fourth-order valence-corrected chi connectivity index (χ4v) is 4.49. The van der Waals surface area contributed by atoms with E-state index in [-0.39, 0.29) is 36.5 Å². The molecule has 0 atom stereocenters. The minimum atomic E-state index is -3.24. The quantitative estimate of drug-likeness (QED) is 0.803. The summed E-state index contributed by atoms with van der Waals surface area (Å²) in [4.78, 5) is 26.7. The largest absolute Gasteiger partial charge is 0.335 e. The molecule has 0 spiro atoms. The van der Waals surface area contributed by atoms with Crippen LogP contribution in [0.3, 0.4) is 0 Å². The number of carbonyl (C=O) groups is 2. The van der Waals surface area contributed by atoms with Gasteiger partial charge in [0.1, 0.15) is 5.82 Å². The number of aryl methyl sites for hydroxylation is 1. The molecule has 1 saturated heterocycles. The maximum atomic E-state index is 12.7. The summed E-state index contributed by atoms with van der Waals surface area (Å²) in [6.07, 6.45) is 6.31. The number of piperazine rings is 1. The van der Waals surface area contributed by atoms with E-state index < -0.39 is 10.0 Å². The minimum absolute atomic E-state index is 0.0153. The van der Waals surface area contributed by atoms with E-state index in [9.17, 15) is 18.0 Å². The van der Waals surface area contributed by atoms with Crippen molar-refractivity contribution in [2.24, 2.45) is 13.0 Å². The van der Waals surface area contributed by atoms with Crippen molar-refractivity contribution in [3.05, 3.63) is 11.8 Å². The van der Waals surface area contributed by atoms with Crippen molar-refractivity contribution in [3.8, 4) is 0 Å². The summed E-state index contributed by atoms with van der Waals surface area (Å²) in [5.41, 5.74) is 0.254. The Morgan fingerprint density at radius 3 is 2.33 bits per heavy atom. The molecule has 27 heavy (non-hydrogen) atoms. The van der Waals surface area contributed by atoms with Crippen LogP contribution >= 0.6 is 0 Å². The molecule has 1 aliphatic carbocycles. The minimum Gasteiger partial charge on any atom is -0.335 e. The van der Waals surface area contributed by atoms with E-state index in [0.29, 0.717) is 18.9 Å². The summed E-state index contributed by atoms with van der Waals surface area (Å²) in [5, 5.41) is 7.12. The summed E-state index contributed by atoms with van der Waals surface area (Å²) in [7, 11) is -1.55. The van der Waals surface area contributed by atoms with Crippen LogP contribution in [0, 0.1) is 5.92 Å². The SMILES string of the molecule is Cn1nc(C(=O)N2CCN(S(C)(=O)=O)CC2)cc1NC(=O)C1CCCCC1. The number of sulfonamides is 1. The van der Waals surface area contributed by atoms with Crippen molar-refractivity contribution in [2.45, 2.75) is 32.1 Å². The van der Waals surface area contributed by atoms with E-state index in [1.54, 1.807) is 18.0 Å². The fourth-order valence-electron chi connectivity index (χ4n) is 3.67. The maximum absolute atomic E-state index is 12.7. The summed E-state index contributed by atoms with van der Waals surface area (Å²) < 4.78 is 26.0. The van der Waals surface area contributed by atoms with Gasteiger partial charge in [-0.2, -0.15) is 9.40 Å². The number of rotatable bonds is 4. The van der Waals surface area contributed by atoms with Crippen LogP contribution in [0.25, 0.3) is 0 Å². The van der Waals surface area contributed by atoms with Crippen LogP contribution < -0.4 is 5.32 Å². The van der Waals surface area contributed by atoms with Crippen LogP contribution in [-0.2, 0) is 21.9 Å². The Kier molecular flexibility index (Phi) is 5.85. The van der Waals surface area contributed by atoms with E-state index in [0.717, 1.165) is 25.7 Å². The van der Waals surface area contributed by atoms with Gasteiger partial charge in [0.15, 0.2) is 5.69 Å². The number of aromatic nitrogens is 2. The molecule has 1 N–H and O–H groups in total. The normalized spacial score (nSPS) is 19.9. The van der Waals surface area contributed by atoms with E-state index in [2.05, 4.69) is 10.4 Å². The molecule has 0 radical (unpaired) electrons. The second-order valence-electron chi connectivity index (χ2n) is 7.32. The number of hydrogen-bond acceptors (Lipinski definition) is 5. The standard InChI is InChI=1S/C17H27N5O4S/c1-20-15(18-16(23)13-6-4-3-5-7-13)12-14(19-20)17(24)21-8-10-22(11-9-21)27(2,25)26/h12-13H,3-11H2,1-2H3,(H,18,23). The lowest BCUT2D eigenvalue weighted by molar-refractivity contribution is -0.120. The smallest absolute Gasteiger partial charge is 0.274 e. The molecule has 3 rings (SSSR count). The zero-order chi connectivity index (χ0) is 19.6. The molecule has 10 heteroatoms. The van der Waals surface area contributed by atoms with Gasteiger partial charge in [0.2, 0.25) is 15.9 Å². The highest BCUT2D eigenvalue weighted by Crippen LogP contribution is 2.25.